The lowest BCUT2D eigenvalue weighted by molar-refractivity contribution is -0.143. The SMILES string of the molecule is Cc1nscc1C(=O)N1C[C@@H](C(=O)O)C[C@@H](c2ccccc2)C1. The van der Waals surface area contributed by atoms with Gasteiger partial charge in [-0.25, -0.2) is 0 Å². The van der Waals surface area contributed by atoms with Crippen molar-refractivity contribution in [3.05, 3.63) is 52.5 Å². The number of benzene rings is 1. The Morgan fingerprint density at radius 2 is 2.00 bits per heavy atom. The zero-order valence-electron chi connectivity index (χ0n) is 12.8. The molecule has 1 aromatic carbocycles. The second-order valence-electron chi connectivity index (χ2n) is 5.90. The van der Waals surface area contributed by atoms with E-state index in [1.165, 1.54) is 11.5 Å². The van der Waals surface area contributed by atoms with Crippen molar-refractivity contribution in [2.45, 2.75) is 19.3 Å². The third-order valence-corrected chi connectivity index (χ3v) is 5.06. The molecule has 0 unspecified atom stereocenters. The zero-order valence-corrected chi connectivity index (χ0v) is 13.6. The van der Waals surface area contributed by atoms with Crippen molar-refractivity contribution in [3.8, 4) is 0 Å². The summed E-state index contributed by atoms with van der Waals surface area (Å²) in [7, 11) is 0. The molecule has 2 heterocycles. The Labute approximate surface area is 138 Å². The van der Waals surface area contributed by atoms with Crippen molar-refractivity contribution in [2.24, 2.45) is 5.92 Å². The van der Waals surface area contributed by atoms with Crippen LogP contribution in [0.5, 0.6) is 0 Å². The van der Waals surface area contributed by atoms with E-state index in [1.807, 2.05) is 30.3 Å². The molecule has 1 aromatic heterocycles. The summed E-state index contributed by atoms with van der Waals surface area (Å²) >= 11 is 1.25. The summed E-state index contributed by atoms with van der Waals surface area (Å²) in [6, 6.07) is 9.81. The van der Waals surface area contributed by atoms with Gasteiger partial charge in [-0.15, -0.1) is 0 Å². The predicted molar refractivity (Wildman–Crippen MR) is 87.7 cm³/mol. The van der Waals surface area contributed by atoms with Crippen LogP contribution in [0.15, 0.2) is 35.7 Å². The van der Waals surface area contributed by atoms with E-state index < -0.39 is 11.9 Å². The fraction of sp³-hybridized carbons (Fsp3) is 0.353. The van der Waals surface area contributed by atoms with Crippen LogP contribution in [0.4, 0.5) is 0 Å². The van der Waals surface area contributed by atoms with Crippen molar-refractivity contribution in [3.63, 3.8) is 0 Å². The van der Waals surface area contributed by atoms with Crippen LogP contribution in [0.3, 0.4) is 0 Å². The number of carbonyl (C=O) groups excluding carboxylic acids is 1. The highest BCUT2D eigenvalue weighted by Gasteiger charge is 2.35. The maximum Gasteiger partial charge on any atom is 0.308 e. The number of carboxylic acids is 1. The Morgan fingerprint density at radius 3 is 2.61 bits per heavy atom. The van der Waals surface area contributed by atoms with Crippen LogP contribution in [-0.2, 0) is 4.79 Å². The molecule has 1 aliphatic rings. The molecule has 0 bridgehead atoms. The third kappa shape index (κ3) is 3.27. The number of aryl methyl sites for hydroxylation is 1. The van der Waals surface area contributed by atoms with Crippen LogP contribution in [0.2, 0.25) is 0 Å². The van der Waals surface area contributed by atoms with Crippen molar-refractivity contribution in [1.29, 1.82) is 0 Å². The average Bonchev–Trinajstić information content (AvgIpc) is 3.00. The van der Waals surface area contributed by atoms with Crippen molar-refractivity contribution in [1.82, 2.24) is 9.27 Å². The topological polar surface area (TPSA) is 70.5 Å². The Kier molecular flexibility index (Phi) is 4.43. The van der Waals surface area contributed by atoms with Gasteiger partial charge in [0.15, 0.2) is 0 Å². The van der Waals surface area contributed by atoms with Gasteiger partial charge in [0, 0.05) is 24.4 Å². The molecule has 2 atom stereocenters. The minimum atomic E-state index is -0.844. The van der Waals surface area contributed by atoms with Crippen LogP contribution >= 0.6 is 11.5 Å². The second kappa shape index (κ2) is 6.50. The van der Waals surface area contributed by atoms with Gasteiger partial charge in [0.05, 0.1) is 17.2 Å². The molecule has 1 saturated heterocycles. The molecular formula is C17H18N2O3S. The van der Waals surface area contributed by atoms with Crippen molar-refractivity contribution in [2.75, 3.05) is 13.1 Å². The Bertz CT molecular complexity index is 714. The fourth-order valence-corrected chi connectivity index (χ4v) is 3.76. The molecule has 1 fully saturated rings. The summed E-state index contributed by atoms with van der Waals surface area (Å²) in [5.74, 6) is -1.46. The number of hydrogen-bond donors (Lipinski definition) is 1. The van der Waals surface area contributed by atoms with Gasteiger partial charge in [-0.3, -0.25) is 9.59 Å². The summed E-state index contributed by atoms with van der Waals surface area (Å²) in [5.41, 5.74) is 2.36. The van der Waals surface area contributed by atoms with E-state index in [1.54, 1.807) is 17.2 Å². The number of hydrogen-bond acceptors (Lipinski definition) is 4. The van der Waals surface area contributed by atoms with E-state index in [9.17, 15) is 14.7 Å². The number of amides is 1. The van der Waals surface area contributed by atoms with Crippen molar-refractivity contribution >= 4 is 23.4 Å². The molecular weight excluding hydrogens is 312 g/mol. The number of carboxylic acid groups (broad SMARTS) is 1. The predicted octanol–water partition coefficient (Wildman–Crippen LogP) is 2.78. The summed E-state index contributed by atoms with van der Waals surface area (Å²) in [4.78, 5) is 25.9. The lowest BCUT2D eigenvalue weighted by Gasteiger charge is -2.36. The third-order valence-electron chi connectivity index (χ3n) is 4.34. The van der Waals surface area contributed by atoms with E-state index >= 15 is 0 Å². The minimum Gasteiger partial charge on any atom is -0.481 e. The van der Waals surface area contributed by atoms with Gasteiger partial charge >= 0.3 is 5.97 Å². The first-order chi connectivity index (χ1) is 11.1. The van der Waals surface area contributed by atoms with Gasteiger partial charge in [-0.1, -0.05) is 30.3 Å². The van der Waals surface area contributed by atoms with Gasteiger partial charge in [0.2, 0.25) is 0 Å². The van der Waals surface area contributed by atoms with E-state index in [4.69, 9.17) is 0 Å². The maximum absolute atomic E-state index is 12.7. The van der Waals surface area contributed by atoms with E-state index in [-0.39, 0.29) is 18.4 Å². The molecule has 2 aromatic rings. The number of nitrogens with zero attached hydrogens (tertiary/aromatic N) is 2. The van der Waals surface area contributed by atoms with E-state index in [0.717, 1.165) is 5.56 Å². The van der Waals surface area contributed by atoms with E-state index in [0.29, 0.717) is 24.2 Å². The van der Waals surface area contributed by atoms with Gasteiger partial charge in [-0.05, 0) is 30.4 Å². The smallest absolute Gasteiger partial charge is 0.308 e. The molecule has 1 N–H and O–H groups in total. The number of rotatable bonds is 3. The fourth-order valence-electron chi connectivity index (χ4n) is 3.08. The van der Waals surface area contributed by atoms with Crippen LogP contribution in [-0.4, -0.2) is 39.3 Å². The normalized spacial score (nSPS) is 21.2. The maximum atomic E-state index is 12.7. The van der Waals surface area contributed by atoms with Crippen molar-refractivity contribution < 1.29 is 14.7 Å². The Morgan fingerprint density at radius 1 is 1.26 bits per heavy atom. The highest BCUT2D eigenvalue weighted by atomic mass is 32.1. The van der Waals surface area contributed by atoms with Gasteiger partial charge in [-0.2, -0.15) is 4.37 Å². The first kappa shape index (κ1) is 15.7. The standard InChI is InChI=1S/C17H18N2O3S/c1-11-15(10-23-18-11)16(20)19-8-13(7-14(9-19)17(21)22)12-5-3-2-4-6-12/h2-6,10,13-14H,7-9H2,1H3,(H,21,22)/t13-,14+/m1/s1. The highest BCUT2D eigenvalue weighted by Crippen LogP contribution is 2.31. The van der Waals surface area contributed by atoms with Crippen LogP contribution < -0.4 is 0 Å². The summed E-state index contributed by atoms with van der Waals surface area (Å²) in [6.45, 7) is 2.60. The van der Waals surface area contributed by atoms with Gasteiger partial charge in [0.25, 0.3) is 5.91 Å². The lowest BCUT2D eigenvalue weighted by Crippen LogP contribution is -2.45. The number of piperidine rings is 1. The molecule has 0 spiro atoms. The number of aromatic nitrogens is 1. The molecule has 3 rings (SSSR count). The molecule has 1 aliphatic heterocycles. The van der Waals surface area contributed by atoms with Crippen LogP contribution in [0, 0.1) is 12.8 Å². The molecule has 5 nitrogen and oxygen atoms in total. The molecule has 23 heavy (non-hydrogen) atoms. The van der Waals surface area contributed by atoms with Crippen LogP contribution in [0.25, 0.3) is 0 Å². The number of likely N-dealkylation sites (tertiary alicyclic amines) is 1. The highest BCUT2D eigenvalue weighted by molar-refractivity contribution is 7.03. The summed E-state index contributed by atoms with van der Waals surface area (Å²) in [5, 5.41) is 11.2. The summed E-state index contributed by atoms with van der Waals surface area (Å²) in [6.07, 6.45) is 0.560. The Hall–Kier alpha value is -2.21. The molecule has 6 heteroatoms. The number of aliphatic carboxylic acids is 1. The first-order valence-electron chi connectivity index (χ1n) is 7.54. The molecule has 0 aliphatic carbocycles. The lowest BCUT2D eigenvalue weighted by atomic mass is 9.84. The molecule has 120 valence electrons. The van der Waals surface area contributed by atoms with Gasteiger partial charge in [0.1, 0.15) is 0 Å². The minimum absolute atomic E-state index is 0.0434. The average molecular weight is 330 g/mol. The monoisotopic (exact) mass is 330 g/mol. The second-order valence-corrected chi connectivity index (χ2v) is 6.53. The van der Waals surface area contributed by atoms with Gasteiger partial charge < -0.3 is 10.0 Å². The quantitative estimate of drug-likeness (QED) is 0.939. The largest absolute Gasteiger partial charge is 0.481 e. The van der Waals surface area contributed by atoms with E-state index in [2.05, 4.69) is 4.37 Å². The zero-order chi connectivity index (χ0) is 16.4. The molecule has 1 amide bonds. The number of carbonyl (C=O) groups is 2. The molecule has 0 radical (unpaired) electrons. The summed E-state index contributed by atoms with van der Waals surface area (Å²) < 4.78 is 4.14. The van der Waals surface area contributed by atoms with Crippen LogP contribution in [0.1, 0.15) is 34.0 Å². The Balaban J connectivity index is 1.86. The first-order valence-corrected chi connectivity index (χ1v) is 8.38. The molecule has 0 saturated carbocycles.